The zero-order valence-corrected chi connectivity index (χ0v) is 17.3. The van der Waals surface area contributed by atoms with Crippen molar-refractivity contribution in [2.24, 2.45) is 0 Å². The SMILES string of the molecule is CNC(=O)CN1CCC[C@@H](Nc2nnc(-c3ccc4sccc4c3O)c(C)n2)C1. The molecule has 0 radical (unpaired) electrons. The molecule has 2 aromatic heterocycles. The molecule has 1 aliphatic heterocycles. The van der Waals surface area contributed by atoms with Crippen LogP contribution in [0.25, 0.3) is 21.3 Å². The highest BCUT2D eigenvalue weighted by Crippen LogP contribution is 2.37. The van der Waals surface area contributed by atoms with E-state index in [0.29, 0.717) is 29.4 Å². The number of aromatic hydroxyl groups is 1. The van der Waals surface area contributed by atoms with Crippen LogP contribution in [0.4, 0.5) is 5.95 Å². The number of anilines is 1. The Labute approximate surface area is 173 Å². The number of aromatic nitrogens is 3. The molecule has 4 rings (SSSR count). The van der Waals surface area contributed by atoms with E-state index in [1.807, 2.05) is 30.5 Å². The van der Waals surface area contributed by atoms with Crippen LogP contribution in [0.5, 0.6) is 5.75 Å². The Morgan fingerprint density at radius 1 is 1.34 bits per heavy atom. The van der Waals surface area contributed by atoms with Gasteiger partial charge in [0.05, 0.1) is 12.2 Å². The van der Waals surface area contributed by atoms with Crippen molar-refractivity contribution in [2.45, 2.75) is 25.8 Å². The summed E-state index contributed by atoms with van der Waals surface area (Å²) in [7, 11) is 1.65. The molecule has 152 valence electrons. The number of piperidine rings is 1. The van der Waals surface area contributed by atoms with Crippen LogP contribution in [0.1, 0.15) is 18.5 Å². The fraction of sp³-hybridized carbons (Fsp3) is 0.400. The second-order valence-corrected chi connectivity index (χ2v) is 8.20. The van der Waals surface area contributed by atoms with E-state index in [9.17, 15) is 9.90 Å². The van der Waals surface area contributed by atoms with Crippen molar-refractivity contribution in [1.29, 1.82) is 0 Å². The summed E-state index contributed by atoms with van der Waals surface area (Å²) in [4.78, 5) is 18.3. The first-order valence-electron chi connectivity index (χ1n) is 9.65. The Balaban J connectivity index is 1.50. The maximum absolute atomic E-state index is 11.6. The number of aryl methyl sites for hydroxylation is 1. The lowest BCUT2D eigenvalue weighted by molar-refractivity contribution is -0.122. The molecule has 1 aromatic carbocycles. The number of hydrogen-bond donors (Lipinski definition) is 3. The molecule has 0 bridgehead atoms. The van der Waals surface area contributed by atoms with Crippen LogP contribution in [0.15, 0.2) is 23.6 Å². The number of thiophene rings is 1. The summed E-state index contributed by atoms with van der Waals surface area (Å²) in [5.41, 5.74) is 1.91. The number of phenols is 1. The molecule has 0 unspecified atom stereocenters. The number of carbonyl (C=O) groups excluding carboxylic acids is 1. The number of rotatable bonds is 5. The number of fused-ring (bicyclic) bond motifs is 1. The quantitative estimate of drug-likeness (QED) is 0.591. The largest absolute Gasteiger partial charge is 0.507 e. The molecule has 29 heavy (non-hydrogen) atoms. The van der Waals surface area contributed by atoms with Gasteiger partial charge in [0.1, 0.15) is 11.4 Å². The van der Waals surface area contributed by atoms with Crippen LogP contribution in [0, 0.1) is 6.92 Å². The molecule has 3 aromatic rings. The van der Waals surface area contributed by atoms with Crippen LogP contribution < -0.4 is 10.6 Å². The number of carbonyl (C=O) groups is 1. The fourth-order valence-corrected chi connectivity index (χ4v) is 4.50. The van der Waals surface area contributed by atoms with Crippen molar-refractivity contribution in [1.82, 2.24) is 25.4 Å². The Hall–Kier alpha value is -2.78. The number of nitrogens with one attached hydrogen (secondary N) is 2. The van der Waals surface area contributed by atoms with Gasteiger partial charge in [-0.15, -0.1) is 21.5 Å². The van der Waals surface area contributed by atoms with E-state index in [-0.39, 0.29) is 17.7 Å². The number of likely N-dealkylation sites (N-methyl/N-ethyl adjacent to an activating group) is 1. The summed E-state index contributed by atoms with van der Waals surface area (Å²) in [6, 6.07) is 5.90. The molecule has 0 aliphatic carbocycles. The third-order valence-corrected chi connectivity index (χ3v) is 6.09. The number of nitrogens with zero attached hydrogens (tertiary/aromatic N) is 4. The topological polar surface area (TPSA) is 103 Å². The van der Waals surface area contributed by atoms with Crippen molar-refractivity contribution < 1.29 is 9.90 Å². The lowest BCUT2D eigenvalue weighted by Crippen LogP contribution is -2.46. The van der Waals surface area contributed by atoms with Gasteiger partial charge < -0.3 is 15.7 Å². The minimum absolute atomic E-state index is 0.0196. The van der Waals surface area contributed by atoms with Gasteiger partial charge in [0.25, 0.3) is 0 Å². The predicted octanol–water partition coefficient (Wildman–Crippen LogP) is 2.39. The van der Waals surface area contributed by atoms with E-state index < -0.39 is 0 Å². The minimum atomic E-state index is 0.0196. The number of likely N-dealkylation sites (tertiary alicyclic amines) is 1. The van der Waals surface area contributed by atoms with E-state index in [2.05, 4.69) is 30.7 Å². The molecule has 3 N–H and O–H groups in total. The zero-order valence-electron chi connectivity index (χ0n) is 16.5. The van der Waals surface area contributed by atoms with Gasteiger partial charge in [-0.05, 0) is 49.9 Å². The average molecular weight is 413 g/mol. The lowest BCUT2D eigenvalue weighted by atomic mass is 10.1. The number of benzene rings is 1. The van der Waals surface area contributed by atoms with Crippen molar-refractivity contribution in [2.75, 3.05) is 32.0 Å². The minimum Gasteiger partial charge on any atom is -0.507 e. The summed E-state index contributed by atoms with van der Waals surface area (Å²) in [5.74, 6) is 0.695. The van der Waals surface area contributed by atoms with E-state index in [1.54, 1.807) is 18.4 Å². The van der Waals surface area contributed by atoms with Gasteiger partial charge in [-0.1, -0.05) is 0 Å². The van der Waals surface area contributed by atoms with Gasteiger partial charge in [-0.2, -0.15) is 0 Å². The van der Waals surface area contributed by atoms with Gasteiger partial charge in [0.2, 0.25) is 11.9 Å². The summed E-state index contributed by atoms with van der Waals surface area (Å²) in [6.07, 6.45) is 2.00. The molecule has 1 aliphatic rings. The number of phenolic OH excluding ortho intramolecular Hbond substituents is 1. The van der Waals surface area contributed by atoms with Gasteiger partial charge in [-0.3, -0.25) is 9.69 Å². The molecule has 1 fully saturated rings. The summed E-state index contributed by atoms with van der Waals surface area (Å²) < 4.78 is 1.03. The summed E-state index contributed by atoms with van der Waals surface area (Å²) in [5, 5.41) is 28.0. The highest BCUT2D eigenvalue weighted by molar-refractivity contribution is 7.17. The molecule has 1 saturated heterocycles. The Kier molecular flexibility index (Phi) is 5.59. The van der Waals surface area contributed by atoms with Crippen molar-refractivity contribution in [3.63, 3.8) is 0 Å². The van der Waals surface area contributed by atoms with Crippen LogP contribution in [-0.4, -0.2) is 63.8 Å². The Bertz CT molecular complexity index is 1040. The summed E-state index contributed by atoms with van der Waals surface area (Å²) >= 11 is 1.59. The molecular weight excluding hydrogens is 388 g/mol. The van der Waals surface area contributed by atoms with Crippen LogP contribution in [0.3, 0.4) is 0 Å². The maximum Gasteiger partial charge on any atom is 0.243 e. The Morgan fingerprint density at radius 3 is 3.00 bits per heavy atom. The monoisotopic (exact) mass is 412 g/mol. The van der Waals surface area contributed by atoms with E-state index in [0.717, 1.165) is 36.0 Å². The molecular formula is C20H24N6O2S. The first-order valence-corrected chi connectivity index (χ1v) is 10.5. The number of amides is 1. The van der Waals surface area contributed by atoms with Crippen molar-refractivity contribution in [3.8, 4) is 17.0 Å². The van der Waals surface area contributed by atoms with Crippen molar-refractivity contribution in [3.05, 3.63) is 29.3 Å². The molecule has 8 nitrogen and oxygen atoms in total. The normalized spacial score (nSPS) is 17.4. The number of hydrogen-bond acceptors (Lipinski definition) is 8. The molecule has 1 atom stereocenters. The van der Waals surface area contributed by atoms with Gasteiger partial charge in [-0.25, -0.2) is 4.98 Å². The fourth-order valence-electron chi connectivity index (χ4n) is 3.72. The second-order valence-electron chi connectivity index (χ2n) is 7.26. The third kappa shape index (κ3) is 4.15. The Morgan fingerprint density at radius 2 is 2.21 bits per heavy atom. The van der Waals surface area contributed by atoms with Gasteiger partial charge in [0, 0.05) is 35.3 Å². The smallest absolute Gasteiger partial charge is 0.243 e. The first kappa shape index (κ1) is 19.5. The highest BCUT2D eigenvalue weighted by atomic mass is 32.1. The standard InChI is InChI=1S/C20H24N6O2S/c1-12-18(15-5-6-16-14(19(15)28)7-9-29-16)24-25-20(22-12)23-13-4-3-8-26(10-13)11-17(27)21-2/h5-7,9,13,28H,3-4,8,10-11H2,1-2H3,(H,21,27)(H,22,23,25)/t13-/m1/s1. The molecule has 0 saturated carbocycles. The van der Waals surface area contributed by atoms with E-state index in [4.69, 9.17) is 0 Å². The lowest BCUT2D eigenvalue weighted by Gasteiger charge is -2.32. The third-order valence-electron chi connectivity index (χ3n) is 5.21. The molecule has 1 amide bonds. The van der Waals surface area contributed by atoms with E-state index in [1.165, 1.54) is 0 Å². The summed E-state index contributed by atoms with van der Waals surface area (Å²) in [6.45, 7) is 3.93. The van der Waals surface area contributed by atoms with Crippen molar-refractivity contribution >= 4 is 33.3 Å². The molecule has 9 heteroatoms. The second kappa shape index (κ2) is 8.30. The highest BCUT2D eigenvalue weighted by Gasteiger charge is 2.22. The first-order chi connectivity index (χ1) is 14.0. The average Bonchev–Trinajstić information content (AvgIpc) is 3.19. The maximum atomic E-state index is 11.6. The van der Waals surface area contributed by atoms with Crippen LogP contribution in [-0.2, 0) is 4.79 Å². The van der Waals surface area contributed by atoms with Crippen LogP contribution in [0.2, 0.25) is 0 Å². The van der Waals surface area contributed by atoms with E-state index >= 15 is 0 Å². The van der Waals surface area contributed by atoms with Gasteiger partial charge >= 0.3 is 0 Å². The van der Waals surface area contributed by atoms with Gasteiger partial charge in [0.15, 0.2) is 0 Å². The zero-order chi connectivity index (χ0) is 20.4. The van der Waals surface area contributed by atoms with Crippen LogP contribution >= 0.6 is 11.3 Å². The predicted molar refractivity (Wildman–Crippen MR) is 114 cm³/mol. The molecule has 0 spiro atoms. The molecule has 3 heterocycles.